The van der Waals surface area contributed by atoms with Gasteiger partial charge in [-0.1, -0.05) is 0 Å². The Balaban J connectivity index is 2.28. The van der Waals surface area contributed by atoms with E-state index in [0.29, 0.717) is 5.76 Å². The number of carbonyl (C=O) groups is 1. The molecular weight excluding hydrogens is 200 g/mol. The van der Waals surface area contributed by atoms with E-state index in [-0.39, 0.29) is 5.82 Å². The summed E-state index contributed by atoms with van der Waals surface area (Å²) in [4.78, 5) is 11.7. The van der Waals surface area contributed by atoms with Crippen LogP contribution in [0.2, 0.25) is 0 Å². The number of carboxylic acids is 1. The van der Waals surface area contributed by atoms with Gasteiger partial charge in [-0.3, -0.25) is 0 Å². The van der Waals surface area contributed by atoms with E-state index >= 15 is 0 Å². The van der Waals surface area contributed by atoms with E-state index in [4.69, 9.17) is 9.52 Å². The van der Waals surface area contributed by atoms with Crippen LogP contribution in [-0.2, 0) is 4.79 Å². The first-order chi connectivity index (χ1) is 7.18. The molecule has 0 radical (unpaired) electrons. The summed E-state index contributed by atoms with van der Waals surface area (Å²) >= 11 is 0. The molecule has 0 bridgehead atoms. The number of aromatic nitrogens is 4. The first kappa shape index (κ1) is 9.38. The lowest BCUT2D eigenvalue weighted by molar-refractivity contribution is -0.141. The third-order valence-corrected chi connectivity index (χ3v) is 1.87. The zero-order chi connectivity index (χ0) is 10.8. The fraction of sp³-hybridized carbons (Fsp3) is 0.250. The van der Waals surface area contributed by atoms with Crippen LogP contribution in [-0.4, -0.2) is 31.3 Å². The summed E-state index contributed by atoms with van der Waals surface area (Å²) in [6, 6.07) is 2.52. The van der Waals surface area contributed by atoms with Gasteiger partial charge in [0.25, 0.3) is 0 Å². The van der Waals surface area contributed by atoms with Gasteiger partial charge in [-0.15, -0.1) is 15.0 Å². The summed E-state index contributed by atoms with van der Waals surface area (Å²) in [5.41, 5.74) is 0. The minimum Gasteiger partial charge on any atom is -0.480 e. The van der Waals surface area contributed by atoms with Crippen LogP contribution < -0.4 is 0 Å². The second kappa shape index (κ2) is 3.52. The highest BCUT2D eigenvalue weighted by atomic mass is 16.4. The lowest BCUT2D eigenvalue weighted by Gasteiger charge is -2.01. The zero-order valence-corrected chi connectivity index (χ0v) is 7.86. The lowest BCUT2D eigenvalue weighted by Crippen LogP contribution is -2.18. The molecule has 7 heteroatoms. The molecule has 0 unspecified atom stereocenters. The molecular formula is C8H8N4O3. The molecule has 0 saturated carbocycles. The monoisotopic (exact) mass is 208 g/mol. The van der Waals surface area contributed by atoms with E-state index in [2.05, 4.69) is 15.4 Å². The molecule has 78 valence electrons. The van der Waals surface area contributed by atoms with Gasteiger partial charge in [-0.05, 0) is 24.3 Å². The molecule has 2 aromatic heterocycles. The maximum absolute atomic E-state index is 10.6. The van der Waals surface area contributed by atoms with Gasteiger partial charge < -0.3 is 9.52 Å². The van der Waals surface area contributed by atoms with E-state index in [1.54, 1.807) is 12.1 Å². The zero-order valence-electron chi connectivity index (χ0n) is 7.86. The molecule has 15 heavy (non-hydrogen) atoms. The van der Waals surface area contributed by atoms with Gasteiger partial charge in [-0.2, -0.15) is 0 Å². The third-order valence-electron chi connectivity index (χ3n) is 1.87. The SMILES string of the molecule is C[C@@H](C(=O)O)n1nnc(-c2ccco2)n1. The predicted molar refractivity (Wildman–Crippen MR) is 47.9 cm³/mol. The topological polar surface area (TPSA) is 94.0 Å². The van der Waals surface area contributed by atoms with E-state index in [0.717, 1.165) is 4.80 Å². The summed E-state index contributed by atoms with van der Waals surface area (Å²) in [5.74, 6) is -0.287. The Morgan fingerprint density at radius 2 is 2.47 bits per heavy atom. The summed E-state index contributed by atoms with van der Waals surface area (Å²) < 4.78 is 5.05. The van der Waals surface area contributed by atoms with Crippen molar-refractivity contribution < 1.29 is 14.3 Å². The number of carboxylic acid groups (broad SMARTS) is 1. The quantitative estimate of drug-likeness (QED) is 0.792. The Morgan fingerprint density at radius 3 is 3.07 bits per heavy atom. The highest BCUT2D eigenvalue weighted by Crippen LogP contribution is 2.14. The number of furan rings is 1. The third kappa shape index (κ3) is 1.71. The molecule has 0 amide bonds. The summed E-state index contributed by atoms with van der Waals surface area (Å²) in [6.07, 6.45) is 1.48. The lowest BCUT2D eigenvalue weighted by atomic mass is 10.4. The molecule has 0 aliphatic heterocycles. The molecule has 2 heterocycles. The number of hydrogen-bond donors (Lipinski definition) is 1. The minimum atomic E-state index is -1.02. The van der Waals surface area contributed by atoms with E-state index < -0.39 is 12.0 Å². The van der Waals surface area contributed by atoms with Gasteiger partial charge in [0.1, 0.15) is 0 Å². The van der Waals surface area contributed by atoms with Gasteiger partial charge in [0.05, 0.1) is 6.26 Å². The van der Waals surface area contributed by atoms with Crippen molar-refractivity contribution in [2.45, 2.75) is 13.0 Å². The van der Waals surface area contributed by atoms with Crippen molar-refractivity contribution in [1.82, 2.24) is 20.2 Å². The van der Waals surface area contributed by atoms with Gasteiger partial charge >= 0.3 is 5.97 Å². The van der Waals surface area contributed by atoms with Crippen LogP contribution in [0.4, 0.5) is 0 Å². The van der Waals surface area contributed by atoms with Gasteiger partial charge in [-0.25, -0.2) is 4.79 Å². The normalized spacial score (nSPS) is 12.6. The fourth-order valence-corrected chi connectivity index (χ4v) is 0.992. The first-order valence-electron chi connectivity index (χ1n) is 4.24. The number of nitrogens with zero attached hydrogens (tertiary/aromatic N) is 4. The summed E-state index contributed by atoms with van der Waals surface area (Å²) in [5, 5.41) is 19.9. The van der Waals surface area contributed by atoms with E-state index in [1.165, 1.54) is 13.2 Å². The Kier molecular flexibility index (Phi) is 2.20. The molecule has 2 aromatic rings. The van der Waals surface area contributed by atoms with Gasteiger partial charge in [0.2, 0.25) is 5.82 Å². The Labute approximate surface area is 84.3 Å². The molecule has 0 aliphatic carbocycles. The van der Waals surface area contributed by atoms with Crippen molar-refractivity contribution >= 4 is 5.97 Å². The van der Waals surface area contributed by atoms with Crippen LogP contribution in [0.1, 0.15) is 13.0 Å². The largest absolute Gasteiger partial charge is 0.480 e. The Morgan fingerprint density at radius 1 is 1.67 bits per heavy atom. The van der Waals surface area contributed by atoms with E-state index in [9.17, 15) is 4.79 Å². The smallest absolute Gasteiger partial charge is 0.330 e. The standard InChI is InChI=1S/C8H8N4O3/c1-5(8(13)14)12-10-7(9-11-12)6-3-2-4-15-6/h2-5H,1H3,(H,13,14)/t5-/m0/s1. The van der Waals surface area contributed by atoms with Crippen molar-refractivity contribution in [3.8, 4) is 11.6 Å². The van der Waals surface area contributed by atoms with Crippen LogP contribution in [0.15, 0.2) is 22.8 Å². The second-order valence-corrected chi connectivity index (χ2v) is 2.92. The molecule has 0 saturated heterocycles. The average Bonchev–Trinajstić information content (AvgIpc) is 2.86. The van der Waals surface area contributed by atoms with Crippen molar-refractivity contribution in [2.24, 2.45) is 0 Å². The number of aliphatic carboxylic acids is 1. The molecule has 0 spiro atoms. The molecule has 0 fully saturated rings. The number of hydrogen-bond acceptors (Lipinski definition) is 5. The van der Waals surface area contributed by atoms with Crippen LogP contribution >= 0.6 is 0 Å². The summed E-state index contributed by atoms with van der Waals surface area (Å²) in [7, 11) is 0. The molecule has 1 atom stereocenters. The average molecular weight is 208 g/mol. The van der Waals surface area contributed by atoms with Crippen molar-refractivity contribution in [3.63, 3.8) is 0 Å². The molecule has 7 nitrogen and oxygen atoms in total. The van der Waals surface area contributed by atoms with Crippen LogP contribution in [0.3, 0.4) is 0 Å². The van der Waals surface area contributed by atoms with Crippen LogP contribution in [0, 0.1) is 0 Å². The summed E-state index contributed by atoms with van der Waals surface area (Å²) in [6.45, 7) is 1.47. The van der Waals surface area contributed by atoms with Gasteiger partial charge in [0.15, 0.2) is 11.8 Å². The molecule has 0 aromatic carbocycles. The molecule has 2 rings (SSSR count). The first-order valence-corrected chi connectivity index (χ1v) is 4.24. The number of rotatable bonds is 3. The number of tetrazole rings is 1. The van der Waals surface area contributed by atoms with Crippen molar-refractivity contribution in [1.29, 1.82) is 0 Å². The minimum absolute atomic E-state index is 0.271. The maximum atomic E-state index is 10.6. The predicted octanol–water partition coefficient (Wildman–Crippen LogP) is 0.579. The Bertz CT molecular complexity index is 462. The Hall–Kier alpha value is -2.18. The second-order valence-electron chi connectivity index (χ2n) is 2.92. The fourth-order valence-electron chi connectivity index (χ4n) is 0.992. The van der Waals surface area contributed by atoms with Crippen molar-refractivity contribution in [3.05, 3.63) is 18.4 Å². The van der Waals surface area contributed by atoms with Crippen LogP contribution in [0.25, 0.3) is 11.6 Å². The van der Waals surface area contributed by atoms with Gasteiger partial charge in [0, 0.05) is 0 Å². The molecule has 1 N–H and O–H groups in total. The maximum Gasteiger partial charge on any atom is 0.330 e. The van der Waals surface area contributed by atoms with Crippen molar-refractivity contribution in [2.75, 3.05) is 0 Å². The molecule has 0 aliphatic rings. The van der Waals surface area contributed by atoms with Crippen LogP contribution in [0.5, 0.6) is 0 Å². The van der Waals surface area contributed by atoms with E-state index in [1.807, 2.05) is 0 Å². The highest BCUT2D eigenvalue weighted by molar-refractivity contribution is 5.70. The highest BCUT2D eigenvalue weighted by Gasteiger charge is 2.17.